The molecule has 0 aliphatic carbocycles. The number of hydrogen-bond acceptors (Lipinski definition) is 5. The molecule has 1 fully saturated rings. The number of amides is 1. The van der Waals surface area contributed by atoms with Crippen LogP contribution in [0.25, 0.3) is 33.3 Å². The van der Waals surface area contributed by atoms with Crippen LogP contribution in [0.1, 0.15) is 10.4 Å². The van der Waals surface area contributed by atoms with Crippen LogP contribution in [0.4, 0.5) is 0 Å². The van der Waals surface area contributed by atoms with E-state index >= 15 is 0 Å². The largest absolute Gasteiger partial charge is 0.383 e. The quantitative estimate of drug-likeness (QED) is 0.506. The summed E-state index contributed by atoms with van der Waals surface area (Å²) in [4.78, 5) is 40.5. The van der Waals surface area contributed by atoms with Gasteiger partial charge in [0.2, 0.25) is 0 Å². The molecule has 32 heavy (non-hydrogen) atoms. The van der Waals surface area contributed by atoms with Crippen molar-refractivity contribution in [3.05, 3.63) is 64.4 Å². The van der Waals surface area contributed by atoms with Crippen LogP contribution in [0.2, 0.25) is 0 Å². The third kappa shape index (κ3) is 3.90. The van der Waals surface area contributed by atoms with Crippen molar-refractivity contribution in [2.45, 2.75) is 0 Å². The molecule has 0 radical (unpaired) electrons. The van der Waals surface area contributed by atoms with Crippen LogP contribution in [0, 0.1) is 0 Å². The van der Waals surface area contributed by atoms with Crippen molar-refractivity contribution >= 4 is 27.8 Å². The van der Waals surface area contributed by atoms with Crippen LogP contribution in [0.3, 0.4) is 0 Å². The van der Waals surface area contributed by atoms with Gasteiger partial charge in [-0.15, -0.1) is 0 Å². The Hall–Kier alpha value is -3.49. The van der Waals surface area contributed by atoms with E-state index in [1.54, 1.807) is 7.11 Å². The first-order chi connectivity index (χ1) is 15.6. The lowest BCUT2D eigenvalue weighted by molar-refractivity contribution is 0.0594. The Kier molecular flexibility index (Phi) is 5.46. The van der Waals surface area contributed by atoms with Crippen LogP contribution in [-0.4, -0.2) is 77.1 Å². The zero-order valence-corrected chi connectivity index (χ0v) is 17.9. The Morgan fingerprint density at radius 3 is 2.66 bits per heavy atom. The molecule has 3 heterocycles. The molecule has 1 aliphatic rings. The molecule has 0 spiro atoms. The molecule has 0 saturated carbocycles. The molecule has 2 N–H and O–H groups in total. The van der Waals surface area contributed by atoms with E-state index < -0.39 is 0 Å². The number of nitrogens with zero attached hydrogens (tertiary/aromatic N) is 3. The maximum Gasteiger partial charge on any atom is 0.276 e. The van der Waals surface area contributed by atoms with Gasteiger partial charge in [-0.3, -0.25) is 14.5 Å². The van der Waals surface area contributed by atoms with Gasteiger partial charge in [-0.1, -0.05) is 12.1 Å². The summed E-state index contributed by atoms with van der Waals surface area (Å²) in [5, 5.41) is 0.874. The Morgan fingerprint density at radius 2 is 1.84 bits per heavy atom. The number of rotatable bonds is 5. The number of H-pyrrole nitrogens is 2. The Morgan fingerprint density at radius 1 is 1.03 bits per heavy atom. The molecule has 1 amide bonds. The summed E-state index contributed by atoms with van der Waals surface area (Å²) in [6.45, 7) is 4.70. The number of aromatic amines is 2. The molecule has 8 heteroatoms. The van der Waals surface area contributed by atoms with Crippen LogP contribution in [0.5, 0.6) is 0 Å². The molecule has 4 aromatic rings. The highest BCUT2D eigenvalue weighted by Gasteiger charge is 2.22. The summed E-state index contributed by atoms with van der Waals surface area (Å²) in [6, 6.07) is 14.9. The zero-order chi connectivity index (χ0) is 22.1. The Labute approximate surface area is 184 Å². The van der Waals surface area contributed by atoms with E-state index in [-0.39, 0.29) is 11.5 Å². The SMILES string of the molecule is COCCN1CCN(C(=O)c2ccc3[nH]c(-c4nc5ccccc5[nH]c4=O)cc3c2)CC1. The van der Waals surface area contributed by atoms with E-state index in [0.29, 0.717) is 42.2 Å². The standard InChI is InChI=1S/C24H25N5O3/c1-32-13-12-28-8-10-29(11-9-28)24(31)16-6-7-18-17(14-16)15-21(25-18)22-23(30)27-20-5-3-2-4-19(20)26-22/h2-7,14-15,25H,8-13H2,1H3,(H,27,30). The normalized spacial score (nSPS) is 15.0. The zero-order valence-electron chi connectivity index (χ0n) is 17.9. The summed E-state index contributed by atoms with van der Waals surface area (Å²) in [7, 11) is 1.70. The van der Waals surface area contributed by atoms with Gasteiger partial charge in [-0.2, -0.15) is 0 Å². The first-order valence-corrected chi connectivity index (χ1v) is 10.7. The molecular weight excluding hydrogens is 406 g/mol. The Bertz CT molecular complexity index is 1330. The van der Waals surface area contributed by atoms with Crippen molar-refractivity contribution in [1.29, 1.82) is 0 Å². The molecule has 164 valence electrons. The highest BCUT2D eigenvalue weighted by molar-refractivity contribution is 5.99. The molecular formula is C24H25N5O3. The highest BCUT2D eigenvalue weighted by atomic mass is 16.5. The second kappa shape index (κ2) is 8.57. The number of benzene rings is 2. The summed E-state index contributed by atoms with van der Waals surface area (Å²) >= 11 is 0. The van der Waals surface area contributed by atoms with E-state index in [1.165, 1.54) is 0 Å². The van der Waals surface area contributed by atoms with E-state index in [4.69, 9.17) is 4.74 Å². The molecule has 5 rings (SSSR count). The fraction of sp³-hybridized carbons (Fsp3) is 0.292. The number of nitrogens with one attached hydrogen (secondary N) is 2. The van der Waals surface area contributed by atoms with Gasteiger partial charge in [-0.05, 0) is 36.4 Å². The van der Waals surface area contributed by atoms with Gasteiger partial charge in [0.25, 0.3) is 11.5 Å². The third-order valence-electron chi connectivity index (χ3n) is 5.99. The van der Waals surface area contributed by atoms with Gasteiger partial charge in [-0.25, -0.2) is 4.98 Å². The third-order valence-corrected chi connectivity index (χ3v) is 5.99. The molecule has 0 unspecified atom stereocenters. The molecule has 1 aliphatic heterocycles. The van der Waals surface area contributed by atoms with Gasteiger partial charge < -0.3 is 19.6 Å². The van der Waals surface area contributed by atoms with Gasteiger partial charge >= 0.3 is 0 Å². The van der Waals surface area contributed by atoms with Crippen molar-refractivity contribution in [1.82, 2.24) is 24.8 Å². The number of carbonyl (C=O) groups excluding carboxylic acids is 1. The highest BCUT2D eigenvalue weighted by Crippen LogP contribution is 2.24. The van der Waals surface area contributed by atoms with Crippen molar-refractivity contribution in [2.75, 3.05) is 46.4 Å². The average Bonchev–Trinajstić information content (AvgIpc) is 3.25. The topological polar surface area (TPSA) is 94.3 Å². The predicted molar refractivity (Wildman–Crippen MR) is 124 cm³/mol. The van der Waals surface area contributed by atoms with E-state index in [1.807, 2.05) is 53.4 Å². The van der Waals surface area contributed by atoms with Crippen LogP contribution < -0.4 is 5.56 Å². The maximum atomic E-state index is 13.0. The van der Waals surface area contributed by atoms with E-state index in [0.717, 1.165) is 36.1 Å². The number of para-hydroxylation sites is 2. The lowest BCUT2D eigenvalue weighted by atomic mass is 10.1. The Balaban J connectivity index is 1.38. The number of ether oxygens (including phenoxy) is 1. The number of piperazine rings is 1. The van der Waals surface area contributed by atoms with Crippen LogP contribution in [-0.2, 0) is 4.74 Å². The molecule has 0 atom stereocenters. The minimum absolute atomic E-state index is 0.0303. The van der Waals surface area contributed by atoms with Gasteiger partial charge in [0.15, 0.2) is 5.69 Å². The minimum Gasteiger partial charge on any atom is -0.383 e. The lowest BCUT2D eigenvalue weighted by Gasteiger charge is -2.34. The van der Waals surface area contributed by atoms with Crippen molar-refractivity contribution in [2.24, 2.45) is 0 Å². The fourth-order valence-electron chi connectivity index (χ4n) is 4.18. The number of carbonyl (C=O) groups is 1. The molecule has 2 aromatic heterocycles. The van der Waals surface area contributed by atoms with Gasteiger partial charge in [0, 0.05) is 56.3 Å². The predicted octanol–water partition coefficient (Wildman–Crippen LogP) is 2.48. The van der Waals surface area contributed by atoms with Gasteiger partial charge in [0.05, 0.1) is 23.3 Å². The van der Waals surface area contributed by atoms with Crippen molar-refractivity contribution in [3.63, 3.8) is 0 Å². The van der Waals surface area contributed by atoms with Crippen molar-refractivity contribution < 1.29 is 9.53 Å². The van der Waals surface area contributed by atoms with E-state index in [9.17, 15) is 9.59 Å². The summed E-state index contributed by atoms with van der Waals surface area (Å²) < 4.78 is 5.14. The molecule has 2 aromatic carbocycles. The molecule has 8 nitrogen and oxygen atoms in total. The smallest absolute Gasteiger partial charge is 0.276 e. The van der Waals surface area contributed by atoms with Crippen LogP contribution in [0.15, 0.2) is 53.3 Å². The van der Waals surface area contributed by atoms with Crippen LogP contribution >= 0.6 is 0 Å². The second-order valence-corrected chi connectivity index (χ2v) is 8.04. The van der Waals surface area contributed by atoms with Crippen molar-refractivity contribution in [3.8, 4) is 11.4 Å². The molecule has 0 bridgehead atoms. The summed E-state index contributed by atoms with van der Waals surface area (Å²) in [5.41, 5.74) is 3.64. The maximum absolute atomic E-state index is 13.0. The number of fused-ring (bicyclic) bond motifs is 2. The fourth-order valence-corrected chi connectivity index (χ4v) is 4.18. The van der Waals surface area contributed by atoms with E-state index in [2.05, 4.69) is 19.9 Å². The summed E-state index contributed by atoms with van der Waals surface area (Å²) in [6.07, 6.45) is 0. The first-order valence-electron chi connectivity index (χ1n) is 10.7. The monoisotopic (exact) mass is 431 g/mol. The minimum atomic E-state index is -0.252. The van der Waals surface area contributed by atoms with Gasteiger partial charge in [0.1, 0.15) is 0 Å². The number of methoxy groups -OCH3 is 1. The first kappa shape index (κ1) is 20.4. The molecule has 1 saturated heterocycles. The lowest BCUT2D eigenvalue weighted by Crippen LogP contribution is -2.49. The second-order valence-electron chi connectivity index (χ2n) is 8.04. The number of hydrogen-bond donors (Lipinski definition) is 2. The average molecular weight is 431 g/mol. The summed E-state index contributed by atoms with van der Waals surface area (Å²) in [5.74, 6) is 0.0303. The number of aromatic nitrogens is 3.